The van der Waals surface area contributed by atoms with Gasteiger partial charge in [-0.05, 0) is 6.92 Å². The minimum absolute atomic E-state index is 0. The van der Waals surface area contributed by atoms with Crippen LogP contribution in [-0.2, 0) is 6.21 Å². The van der Waals surface area contributed by atoms with Crippen LogP contribution in [0.5, 0.6) is 0 Å². The number of hydrogen-bond donors (Lipinski definition) is 2. The molecule has 0 saturated heterocycles. The Balaban J connectivity index is -0.0000000160. The van der Waals surface area contributed by atoms with E-state index in [0.29, 0.717) is 0 Å². The Kier molecular flexibility index (Phi) is 144. The van der Waals surface area contributed by atoms with Crippen molar-refractivity contribution in [3.63, 3.8) is 0 Å². The van der Waals surface area contributed by atoms with Crippen molar-refractivity contribution in [2.45, 2.75) is 6.92 Å². The number of halogens is 1. The molecule has 0 saturated carbocycles. The van der Waals surface area contributed by atoms with E-state index in [2.05, 4.69) is 0 Å². The number of aliphatic hydroxyl groups is 1. The predicted molar refractivity (Wildman–Crippen MR) is 25.9 cm³/mol. The van der Waals surface area contributed by atoms with E-state index >= 15 is 0 Å². The van der Waals surface area contributed by atoms with Crippen molar-refractivity contribution < 1.29 is 23.7 Å². The van der Waals surface area contributed by atoms with Crippen LogP contribution in [0, 0.1) is 0 Å². The van der Waals surface area contributed by atoms with E-state index in [9.17, 15) is 0 Å². The van der Waals surface area contributed by atoms with Gasteiger partial charge in [0.1, 0.15) is 0 Å². The minimum atomic E-state index is -2.03. The smallest absolute Gasteiger partial charge is 0.369 e. The summed E-state index contributed by atoms with van der Waals surface area (Å²) in [6, 6.07) is 0. The maximum Gasteiger partial charge on any atom is -0.369 e. The zero-order valence-electron chi connectivity index (χ0n) is 4.76. The Morgan fingerprint density at radius 3 is 1.50 bits per heavy atom. The molecule has 0 aromatic rings. The fraction of sp³-hybridized carbons (Fsp3) is 1.00. The monoisotopic (exact) mass is 261 g/mol. The fourth-order valence-electron chi connectivity index (χ4n) is 0. The van der Waals surface area contributed by atoms with Gasteiger partial charge in [0, 0.05) is 6.61 Å². The first-order chi connectivity index (χ1) is 2.83. The Hall–Kier alpha value is 0.600. The third-order valence-corrected chi connectivity index (χ3v) is 0. The van der Waals surface area contributed by atoms with Crippen LogP contribution in [0.3, 0.4) is 0 Å². The number of aliphatic hydroxyl groups excluding tert-OH is 1. The second-order valence-electron chi connectivity index (χ2n) is 0.384. The van der Waals surface area contributed by atoms with Gasteiger partial charge in [0.2, 0.25) is 0 Å². The van der Waals surface area contributed by atoms with Gasteiger partial charge < -0.3 is 23.7 Å². The van der Waals surface area contributed by atoms with Crippen molar-refractivity contribution >= 4 is 20.9 Å². The molecule has 0 atom stereocenters. The average Bonchev–Trinajstić information content (AvgIpc) is 1.39. The van der Waals surface area contributed by atoms with Gasteiger partial charge in [-0.1, -0.05) is 0 Å². The van der Waals surface area contributed by atoms with Gasteiger partial charge in [0.05, 0.1) is 0 Å². The zero-order valence-corrected chi connectivity index (χ0v) is 7.84. The van der Waals surface area contributed by atoms with E-state index in [1.807, 2.05) is 0 Å². The molecule has 0 aromatic heterocycles. The number of hydrogen-bond acceptors (Lipinski definition) is 3. The number of rotatable bonds is 0. The van der Waals surface area contributed by atoms with Crippen molar-refractivity contribution in [3.8, 4) is 0 Å². The quantitative estimate of drug-likeness (QED) is 0.448. The third-order valence-electron chi connectivity index (χ3n) is 0. The van der Waals surface area contributed by atoms with Crippen molar-refractivity contribution in [3.05, 3.63) is 0 Å². The molecular weight excluding hydrogens is 249 g/mol. The first kappa shape index (κ1) is 23.5. The van der Waals surface area contributed by atoms with E-state index in [1.54, 1.807) is 6.92 Å². The molecule has 0 rings (SSSR count). The molecule has 8 heavy (non-hydrogen) atoms. The molecule has 0 fully saturated rings. The van der Waals surface area contributed by atoms with Crippen LogP contribution in [0.25, 0.3) is 0 Å². The normalized spacial score (nSPS) is 3.75. The van der Waals surface area contributed by atoms with Crippen LogP contribution in [0.15, 0.2) is 0 Å². The van der Waals surface area contributed by atoms with E-state index in [1.165, 1.54) is 0 Å². The molecule has 0 aliphatic carbocycles. The largest absolute Gasteiger partial charge is 1.00 e. The second-order valence-corrected chi connectivity index (χ2v) is 0.773. The van der Waals surface area contributed by atoms with Gasteiger partial charge >= 0.3 is 27.1 Å². The van der Waals surface area contributed by atoms with E-state index in [-0.39, 0.29) is 25.2 Å². The summed E-state index contributed by atoms with van der Waals surface area (Å²) in [5.41, 5.74) is 0. The molecule has 0 aromatic carbocycles. The zero-order chi connectivity index (χ0) is 5.41. The van der Waals surface area contributed by atoms with Gasteiger partial charge in [-0.3, -0.25) is 0 Å². The third kappa shape index (κ3) is 576. The van der Waals surface area contributed by atoms with Crippen molar-refractivity contribution in [2.75, 3.05) is 6.61 Å². The molecule has 0 bridgehead atoms. The minimum Gasteiger partial charge on any atom is -1.00 e. The van der Waals surface area contributed by atoms with Crippen molar-refractivity contribution in [1.29, 1.82) is 0 Å². The predicted octanol–water partition coefficient (Wildman–Crippen LogP) is -3.24. The molecule has 5 N–H and O–H groups in total. The SMILES string of the molecule is CCO.O=[Te]=O.[Cl-].[NH4+]. The van der Waals surface area contributed by atoms with Crippen molar-refractivity contribution in [2.24, 2.45) is 0 Å². The summed E-state index contributed by atoms with van der Waals surface area (Å²) >= 11 is -2.03. The Labute approximate surface area is 64.5 Å². The second kappa shape index (κ2) is 49.0. The molecule has 4 nitrogen and oxygen atoms in total. The topological polar surface area (TPSA) is 90.9 Å². The molecule has 6 heteroatoms. The number of quaternary nitrogens is 1. The Morgan fingerprint density at radius 2 is 1.50 bits per heavy atom. The Bertz CT molecular complexity index is 46.5. The summed E-state index contributed by atoms with van der Waals surface area (Å²) in [5.74, 6) is 0. The fourth-order valence-corrected chi connectivity index (χ4v) is 0. The maximum absolute atomic E-state index is 8.50. The molecule has 54 valence electrons. The van der Waals surface area contributed by atoms with Crippen molar-refractivity contribution in [1.82, 2.24) is 6.15 Å². The summed E-state index contributed by atoms with van der Waals surface area (Å²) in [7, 11) is 0. The first-order valence-electron chi connectivity index (χ1n) is 1.36. The molecule has 0 heterocycles. The molecule has 0 aliphatic rings. The summed E-state index contributed by atoms with van der Waals surface area (Å²) < 4.78 is 17.0. The van der Waals surface area contributed by atoms with E-state index < -0.39 is 20.9 Å². The van der Waals surface area contributed by atoms with Crippen LogP contribution in [0.4, 0.5) is 0 Å². The molecule has 0 radical (unpaired) electrons. The maximum atomic E-state index is 8.50. The molecule has 0 spiro atoms. The standard InChI is InChI=1S/C2H6O.ClH.H3N.O2Te/c1-2-3;;;1-3-2/h3H,2H2,1H3;1H;1H3;. The first-order valence-corrected chi connectivity index (χ1v) is 3.26. The van der Waals surface area contributed by atoms with Crippen LogP contribution in [0.2, 0.25) is 0 Å². The van der Waals surface area contributed by atoms with Gasteiger partial charge in [0.15, 0.2) is 0 Å². The summed E-state index contributed by atoms with van der Waals surface area (Å²) in [4.78, 5) is 0. The molecule has 0 aliphatic heterocycles. The summed E-state index contributed by atoms with van der Waals surface area (Å²) in [5, 5.41) is 7.57. The van der Waals surface area contributed by atoms with Gasteiger partial charge in [-0.15, -0.1) is 0 Å². The Morgan fingerprint density at radius 1 is 1.50 bits per heavy atom. The van der Waals surface area contributed by atoms with Gasteiger partial charge in [-0.2, -0.15) is 0 Å². The van der Waals surface area contributed by atoms with Gasteiger partial charge in [-0.25, -0.2) is 0 Å². The summed E-state index contributed by atoms with van der Waals surface area (Å²) in [6.07, 6.45) is 0. The summed E-state index contributed by atoms with van der Waals surface area (Å²) in [6.45, 7) is 1.93. The van der Waals surface area contributed by atoms with Crippen LogP contribution in [0.1, 0.15) is 6.92 Å². The van der Waals surface area contributed by atoms with Crippen LogP contribution < -0.4 is 18.6 Å². The van der Waals surface area contributed by atoms with Gasteiger partial charge in [0.25, 0.3) is 0 Å². The van der Waals surface area contributed by atoms with E-state index in [4.69, 9.17) is 11.3 Å². The molecular formula is C2H10ClNO3Te. The average molecular weight is 259 g/mol. The molecule has 0 unspecified atom stereocenters. The molecule has 0 amide bonds. The van der Waals surface area contributed by atoms with Crippen LogP contribution >= 0.6 is 0 Å². The van der Waals surface area contributed by atoms with E-state index in [0.717, 1.165) is 0 Å². The van der Waals surface area contributed by atoms with Crippen LogP contribution in [-0.4, -0.2) is 32.6 Å².